The van der Waals surface area contributed by atoms with Crippen molar-refractivity contribution in [2.45, 2.75) is 104 Å². The van der Waals surface area contributed by atoms with Gasteiger partial charge in [0.05, 0.1) is 9.75 Å². The number of unbranched alkanes of at least 4 members (excludes halogenated alkanes) is 10. The van der Waals surface area contributed by atoms with Gasteiger partial charge in [-0.25, -0.2) is 0 Å². The predicted octanol–water partition coefficient (Wildman–Crippen LogP) is 8.68. The van der Waals surface area contributed by atoms with Gasteiger partial charge in [-0.3, -0.25) is 9.59 Å². The summed E-state index contributed by atoms with van der Waals surface area (Å²) in [5, 5.41) is 0. The highest BCUT2D eigenvalue weighted by atomic mass is 32.1. The Labute approximate surface area is 191 Å². The Bertz CT molecular complexity index is 692. The van der Waals surface area contributed by atoms with Crippen molar-refractivity contribution in [3.05, 3.63) is 43.8 Å². The number of ketones is 2. The third-order valence-electron chi connectivity index (χ3n) is 5.53. The predicted molar refractivity (Wildman–Crippen MR) is 131 cm³/mol. The molecule has 0 aliphatic heterocycles. The quantitative estimate of drug-likeness (QED) is 0.138. The summed E-state index contributed by atoms with van der Waals surface area (Å²) in [5.41, 5.74) is 0. The zero-order valence-electron chi connectivity index (χ0n) is 18.8. The highest BCUT2D eigenvalue weighted by Gasteiger charge is 2.21. The van der Waals surface area contributed by atoms with Crippen LogP contribution in [0, 0.1) is 0 Å². The number of hydrogen-bond donors (Lipinski definition) is 0. The number of carbonyl (C=O) groups excluding carboxylic acids is 2. The molecule has 2 nitrogen and oxygen atoms in total. The highest BCUT2D eigenvalue weighted by molar-refractivity contribution is 7.17. The van der Waals surface area contributed by atoms with E-state index in [0.29, 0.717) is 9.75 Å². The normalized spacial score (nSPS) is 11.1. The summed E-state index contributed by atoms with van der Waals surface area (Å²) in [4.78, 5) is 28.9. The Morgan fingerprint density at radius 2 is 0.933 bits per heavy atom. The molecule has 4 heteroatoms. The lowest BCUT2D eigenvalue weighted by atomic mass is 10.1. The Morgan fingerprint density at radius 3 is 1.33 bits per heavy atom. The second-order valence-electron chi connectivity index (χ2n) is 8.23. The Hall–Kier alpha value is -1.26. The van der Waals surface area contributed by atoms with Gasteiger partial charge in [0.15, 0.2) is 0 Å². The van der Waals surface area contributed by atoms with Crippen molar-refractivity contribution in [3.63, 3.8) is 0 Å². The van der Waals surface area contributed by atoms with Crippen molar-refractivity contribution < 1.29 is 9.59 Å². The first-order chi connectivity index (χ1) is 14.7. The lowest BCUT2D eigenvalue weighted by molar-refractivity contribution is 0.0821. The molecule has 0 aliphatic carbocycles. The van der Waals surface area contributed by atoms with E-state index in [4.69, 9.17) is 0 Å². The molecule has 0 N–H and O–H groups in total. The lowest BCUT2D eigenvalue weighted by Gasteiger charge is -1.99. The van der Waals surface area contributed by atoms with Gasteiger partial charge in [0.25, 0.3) is 0 Å². The molecule has 0 fully saturated rings. The second-order valence-corrected chi connectivity index (χ2v) is 10.6. The first-order valence-corrected chi connectivity index (χ1v) is 13.6. The van der Waals surface area contributed by atoms with Crippen LogP contribution >= 0.6 is 22.7 Å². The van der Waals surface area contributed by atoms with Crippen LogP contribution in [0.25, 0.3) is 0 Å². The molecular weight excluding hydrogens is 408 g/mol. The fraction of sp³-hybridized carbons (Fsp3) is 0.615. The number of aryl methyl sites for hydroxylation is 2. The van der Waals surface area contributed by atoms with Crippen molar-refractivity contribution >= 4 is 34.2 Å². The first-order valence-electron chi connectivity index (χ1n) is 11.9. The molecule has 0 aromatic carbocycles. The SMILES string of the molecule is CCCCCCCCc1ccc(C(=O)C(=O)c2ccc(CCCCCCCC)s2)s1. The van der Waals surface area contributed by atoms with Crippen LogP contribution in [0.2, 0.25) is 0 Å². The number of carbonyl (C=O) groups is 2. The maximum Gasteiger partial charge on any atom is 0.244 e. The average molecular weight is 447 g/mol. The van der Waals surface area contributed by atoms with E-state index < -0.39 is 0 Å². The minimum atomic E-state index is -0.345. The Kier molecular flexibility index (Phi) is 12.2. The minimum Gasteiger partial charge on any atom is -0.284 e. The number of thiophene rings is 2. The zero-order valence-corrected chi connectivity index (χ0v) is 20.5. The molecule has 0 bridgehead atoms. The summed E-state index contributed by atoms with van der Waals surface area (Å²) in [7, 11) is 0. The van der Waals surface area contributed by atoms with Gasteiger partial charge in [0.1, 0.15) is 0 Å². The van der Waals surface area contributed by atoms with Crippen LogP contribution in [-0.4, -0.2) is 11.6 Å². The molecule has 2 rings (SSSR count). The van der Waals surface area contributed by atoms with Crippen molar-refractivity contribution in [2.75, 3.05) is 0 Å². The molecule has 2 aromatic heterocycles. The number of Topliss-reactive ketones (excluding diaryl/α,β-unsaturated/α-hetero) is 2. The molecule has 0 unspecified atom stereocenters. The summed E-state index contributed by atoms with van der Waals surface area (Å²) >= 11 is 2.99. The van der Waals surface area contributed by atoms with Crippen LogP contribution in [0.4, 0.5) is 0 Å². The third-order valence-corrected chi connectivity index (χ3v) is 7.82. The van der Waals surface area contributed by atoms with Gasteiger partial charge in [-0.05, 0) is 49.9 Å². The van der Waals surface area contributed by atoms with Crippen LogP contribution in [0.1, 0.15) is 120 Å². The molecule has 0 spiro atoms. The van der Waals surface area contributed by atoms with Gasteiger partial charge in [-0.2, -0.15) is 0 Å². The molecule has 0 saturated heterocycles. The van der Waals surface area contributed by atoms with Gasteiger partial charge in [0.2, 0.25) is 11.6 Å². The van der Waals surface area contributed by atoms with Gasteiger partial charge in [-0.1, -0.05) is 78.1 Å². The number of hydrogen-bond acceptors (Lipinski definition) is 4. The zero-order chi connectivity index (χ0) is 21.6. The lowest BCUT2D eigenvalue weighted by Crippen LogP contribution is -2.11. The fourth-order valence-electron chi connectivity index (χ4n) is 3.65. The van der Waals surface area contributed by atoms with E-state index in [1.54, 1.807) is 0 Å². The summed E-state index contributed by atoms with van der Waals surface area (Å²) in [6.45, 7) is 4.47. The Balaban J connectivity index is 1.75. The Morgan fingerprint density at radius 1 is 0.567 bits per heavy atom. The standard InChI is InChI=1S/C26H38O2S2/c1-3-5-7-9-11-13-15-21-17-19-23(29-21)25(27)26(28)24-20-18-22(30-24)16-14-12-10-8-6-4-2/h17-20H,3-16H2,1-2H3. The third kappa shape index (κ3) is 8.85. The topological polar surface area (TPSA) is 34.1 Å². The van der Waals surface area contributed by atoms with Crippen molar-refractivity contribution in [1.29, 1.82) is 0 Å². The van der Waals surface area contributed by atoms with Gasteiger partial charge >= 0.3 is 0 Å². The van der Waals surface area contributed by atoms with E-state index in [2.05, 4.69) is 13.8 Å². The molecule has 30 heavy (non-hydrogen) atoms. The largest absolute Gasteiger partial charge is 0.284 e. The van der Waals surface area contributed by atoms with Crippen LogP contribution < -0.4 is 0 Å². The van der Waals surface area contributed by atoms with E-state index in [1.807, 2.05) is 24.3 Å². The maximum absolute atomic E-state index is 12.6. The number of rotatable bonds is 17. The van der Waals surface area contributed by atoms with Crippen molar-refractivity contribution in [3.8, 4) is 0 Å². The molecule has 2 heterocycles. The fourth-order valence-corrected chi connectivity index (χ4v) is 5.62. The monoisotopic (exact) mass is 446 g/mol. The summed E-state index contributed by atoms with van der Waals surface area (Å²) in [6.07, 6.45) is 17.3. The highest BCUT2D eigenvalue weighted by Crippen LogP contribution is 2.24. The molecule has 2 aromatic rings. The van der Waals surface area contributed by atoms with Crippen molar-refractivity contribution in [2.24, 2.45) is 0 Å². The van der Waals surface area contributed by atoms with Crippen molar-refractivity contribution in [1.82, 2.24) is 0 Å². The van der Waals surface area contributed by atoms with E-state index in [9.17, 15) is 9.59 Å². The smallest absolute Gasteiger partial charge is 0.244 e. The van der Waals surface area contributed by atoms with Crippen LogP contribution in [0.3, 0.4) is 0 Å². The maximum atomic E-state index is 12.6. The van der Waals surface area contributed by atoms with Gasteiger partial charge in [-0.15, -0.1) is 22.7 Å². The van der Waals surface area contributed by atoms with E-state index in [0.717, 1.165) is 12.8 Å². The summed E-state index contributed by atoms with van der Waals surface area (Å²) in [6, 6.07) is 7.72. The average Bonchev–Trinajstić information content (AvgIpc) is 3.42. The second kappa shape index (κ2) is 14.7. The first kappa shape index (κ1) is 25.0. The molecular formula is C26H38O2S2. The molecule has 166 valence electrons. The minimum absolute atomic E-state index is 0.345. The molecule has 0 saturated carbocycles. The summed E-state index contributed by atoms with van der Waals surface area (Å²) in [5.74, 6) is -0.690. The molecule has 0 amide bonds. The molecule has 0 radical (unpaired) electrons. The van der Waals surface area contributed by atoms with E-state index in [-0.39, 0.29) is 11.6 Å². The van der Waals surface area contributed by atoms with Gasteiger partial charge < -0.3 is 0 Å². The van der Waals surface area contributed by atoms with E-state index in [1.165, 1.54) is 109 Å². The van der Waals surface area contributed by atoms with Gasteiger partial charge in [0, 0.05) is 9.75 Å². The van der Waals surface area contributed by atoms with E-state index >= 15 is 0 Å². The van der Waals surface area contributed by atoms with Crippen LogP contribution in [0.5, 0.6) is 0 Å². The van der Waals surface area contributed by atoms with Crippen LogP contribution in [0.15, 0.2) is 24.3 Å². The van der Waals surface area contributed by atoms with Crippen LogP contribution in [-0.2, 0) is 12.8 Å². The molecule has 0 aliphatic rings. The summed E-state index contributed by atoms with van der Waals surface area (Å²) < 4.78 is 0. The molecule has 0 atom stereocenters.